The second-order valence-corrected chi connectivity index (χ2v) is 8.89. The Bertz CT molecular complexity index is 180. The average Bonchev–Trinajstić information content (AvgIpc) is 1.73. The van der Waals surface area contributed by atoms with Crippen molar-refractivity contribution in [1.82, 2.24) is 0 Å². The maximum absolute atomic E-state index is 9.77. The molecule has 0 bridgehead atoms. The van der Waals surface area contributed by atoms with Gasteiger partial charge in [0.15, 0.2) is 0 Å². The van der Waals surface area contributed by atoms with E-state index in [9.17, 15) is 5.11 Å². The number of hydrogen-bond donors (Lipinski definition) is 1. The predicted molar refractivity (Wildman–Crippen MR) is 46.7 cm³/mol. The van der Waals surface area contributed by atoms with Crippen LogP contribution in [-0.2, 0) is 0 Å². The minimum absolute atomic E-state index is 0.490. The fourth-order valence-corrected chi connectivity index (χ4v) is 5.46. The van der Waals surface area contributed by atoms with E-state index in [0.29, 0.717) is 0 Å². The standard InChI is InChI=1S/C8H16OSi/c1-7-5-10(3,4)6-8(7,2)9/h5,9H,6H2,1-4H3. The lowest BCUT2D eigenvalue weighted by Gasteiger charge is -2.21. The Hall–Kier alpha value is -0.0831. The summed E-state index contributed by atoms with van der Waals surface area (Å²) in [5.41, 5.74) is 2.98. The fraction of sp³-hybridized carbons (Fsp3) is 0.750. The third-order valence-corrected chi connectivity index (χ3v) is 5.07. The van der Waals surface area contributed by atoms with E-state index in [1.54, 1.807) is 0 Å². The van der Waals surface area contributed by atoms with Crippen molar-refractivity contribution in [2.45, 2.75) is 38.6 Å². The van der Waals surface area contributed by atoms with Crippen molar-refractivity contribution < 1.29 is 5.11 Å². The van der Waals surface area contributed by atoms with Gasteiger partial charge >= 0.3 is 0 Å². The first-order valence-electron chi connectivity index (χ1n) is 3.76. The van der Waals surface area contributed by atoms with Crippen LogP contribution in [0.25, 0.3) is 0 Å². The first-order valence-corrected chi connectivity index (χ1v) is 7.04. The van der Waals surface area contributed by atoms with Gasteiger partial charge in [-0.15, -0.1) is 0 Å². The highest BCUT2D eigenvalue weighted by Crippen LogP contribution is 2.35. The second-order valence-electron chi connectivity index (χ2n) is 4.27. The summed E-state index contributed by atoms with van der Waals surface area (Å²) in [5, 5.41) is 9.77. The smallest absolute Gasteiger partial charge is 0.0802 e. The molecule has 1 heterocycles. The minimum atomic E-state index is -1.15. The van der Waals surface area contributed by atoms with E-state index in [2.05, 4.69) is 18.8 Å². The van der Waals surface area contributed by atoms with Gasteiger partial charge < -0.3 is 5.11 Å². The van der Waals surface area contributed by atoms with Crippen LogP contribution < -0.4 is 0 Å². The Morgan fingerprint density at radius 3 is 2.20 bits per heavy atom. The fourth-order valence-electron chi connectivity index (χ4n) is 1.82. The van der Waals surface area contributed by atoms with Crippen molar-refractivity contribution in [3.8, 4) is 0 Å². The maximum Gasteiger partial charge on any atom is 0.0802 e. The highest BCUT2D eigenvalue weighted by Gasteiger charge is 2.38. The van der Waals surface area contributed by atoms with Crippen molar-refractivity contribution in [2.24, 2.45) is 0 Å². The molecule has 0 amide bonds. The zero-order valence-corrected chi connectivity index (χ0v) is 8.23. The van der Waals surface area contributed by atoms with Crippen LogP contribution in [0.2, 0.25) is 19.1 Å². The lowest BCUT2D eigenvalue weighted by atomic mass is 10.0. The molecule has 1 atom stereocenters. The largest absolute Gasteiger partial charge is 0.386 e. The van der Waals surface area contributed by atoms with E-state index in [1.807, 2.05) is 13.8 Å². The summed E-state index contributed by atoms with van der Waals surface area (Å²) in [6.07, 6.45) is 0. The summed E-state index contributed by atoms with van der Waals surface area (Å²) in [4.78, 5) is 0. The van der Waals surface area contributed by atoms with Crippen LogP contribution in [-0.4, -0.2) is 18.8 Å². The molecule has 1 N–H and O–H groups in total. The van der Waals surface area contributed by atoms with Crippen molar-refractivity contribution in [2.75, 3.05) is 0 Å². The number of hydrogen-bond acceptors (Lipinski definition) is 1. The van der Waals surface area contributed by atoms with Crippen molar-refractivity contribution in [3.05, 3.63) is 11.3 Å². The van der Waals surface area contributed by atoms with Gasteiger partial charge in [-0.2, -0.15) is 0 Å². The molecule has 1 nitrogen and oxygen atoms in total. The molecule has 0 aromatic rings. The summed E-state index contributed by atoms with van der Waals surface area (Å²) in [5.74, 6) is 0. The van der Waals surface area contributed by atoms with Gasteiger partial charge in [-0.3, -0.25) is 0 Å². The molecule has 1 aliphatic rings. The van der Waals surface area contributed by atoms with Gasteiger partial charge in [0.05, 0.1) is 13.7 Å². The Kier molecular flexibility index (Phi) is 1.57. The van der Waals surface area contributed by atoms with Gasteiger partial charge in [-0.1, -0.05) is 24.4 Å². The lowest BCUT2D eigenvalue weighted by Crippen LogP contribution is -2.29. The second kappa shape index (κ2) is 1.95. The van der Waals surface area contributed by atoms with Crippen molar-refractivity contribution in [3.63, 3.8) is 0 Å². The van der Waals surface area contributed by atoms with Gasteiger partial charge in [-0.05, 0) is 19.9 Å². The van der Waals surface area contributed by atoms with Crippen LogP contribution in [0.3, 0.4) is 0 Å². The monoisotopic (exact) mass is 156 g/mol. The summed E-state index contributed by atoms with van der Waals surface area (Å²) < 4.78 is 0. The predicted octanol–water partition coefficient (Wildman–Crippen LogP) is 1.94. The first kappa shape index (κ1) is 8.02. The third kappa shape index (κ3) is 1.32. The third-order valence-electron chi connectivity index (χ3n) is 2.26. The normalized spacial score (nSPS) is 37.9. The van der Waals surface area contributed by atoms with Crippen LogP contribution in [0.15, 0.2) is 11.3 Å². The topological polar surface area (TPSA) is 20.2 Å². The van der Waals surface area contributed by atoms with Crippen molar-refractivity contribution in [1.29, 1.82) is 0 Å². The van der Waals surface area contributed by atoms with E-state index >= 15 is 0 Å². The molecular formula is C8H16OSi. The summed E-state index contributed by atoms with van der Waals surface area (Å²) in [6.45, 7) is 8.53. The van der Waals surface area contributed by atoms with Crippen LogP contribution in [0.5, 0.6) is 0 Å². The van der Waals surface area contributed by atoms with E-state index in [1.165, 1.54) is 5.57 Å². The molecule has 58 valence electrons. The van der Waals surface area contributed by atoms with Crippen molar-refractivity contribution >= 4 is 8.07 Å². The number of rotatable bonds is 0. The van der Waals surface area contributed by atoms with Gasteiger partial charge in [0.25, 0.3) is 0 Å². The molecule has 0 saturated carbocycles. The zero-order chi connectivity index (χ0) is 7.99. The maximum atomic E-state index is 9.77. The Labute approximate surface area is 63.8 Å². The molecule has 1 unspecified atom stereocenters. The quantitative estimate of drug-likeness (QED) is 0.531. The van der Waals surface area contributed by atoms with Gasteiger partial charge in [0.1, 0.15) is 0 Å². The highest BCUT2D eigenvalue weighted by molar-refractivity contribution is 6.83. The first-order chi connectivity index (χ1) is 4.33. The Morgan fingerprint density at radius 1 is 1.60 bits per heavy atom. The lowest BCUT2D eigenvalue weighted by molar-refractivity contribution is 0.122. The highest BCUT2D eigenvalue weighted by atomic mass is 28.3. The molecule has 0 aromatic carbocycles. The van der Waals surface area contributed by atoms with Crippen LogP contribution in [0.1, 0.15) is 13.8 Å². The minimum Gasteiger partial charge on any atom is -0.386 e. The van der Waals surface area contributed by atoms with Gasteiger partial charge in [0.2, 0.25) is 0 Å². The Balaban J connectivity index is 2.89. The summed E-state index contributed by atoms with van der Waals surface area (Å²) >= 11 is 0. The molecule has 0 fully saturated rings. The van der Waals surface area contributed by atoms with E-state index < -0.39 is 13.7 Å². The van der Waals surface area contributed by atoms with E-state index in [4.69, 9.17) is 0 Å². The zero-order valence-electron chi connectivity index (χ0n) is 7.23. The van der Waals surface area contributed by atoms with Crippen LogP contribution in [0, 0.1) is 0 Å². The molecule has 0 aromatic heterocycles. The Morgan fingerprint density at radius 2 is 2.10 bits per heavy atom. The number of aliphatic hydroxyl groups is 1. The van der Waals surface area contributed by atoms with Crippen LogP contribution in [0.4, 0.5) is 0 Å². The summed E-state index contributed by atoms with van der Waals surface area (Å²) in [6, 6.07) is 0.992. The van der Waals surface area contributed by atoms with E-state index in [0.717, 1.165) is 6.04 Å². The molecular weight excluding hydrogens is 140 g/mol. The molecule has 0 spiro atoms. The molecule has 1 aliphatic heterocycles. The average molecular weight is 156 g/mol. The van der Waals surface area contributed by atoms with Crippen LogP contribution >= 0.6 is 0 Å². The molecule has 0 radical (unpaired) electrons. The molecule has 0 aliphatic carbocycles. The molecule has 0 saturated heterocycles. The van der Waals surface area contributed by atoms with E-state index in [-0.39, 0.29) is 0 Å². The van der Waals surface area contributed by atoms with Gasteiger partial charge in [-0.25, -0.2) is 0 Å². The summed E-state index contributed by atoms with van der Waals surface area (Å²) in [7, 11) is -1.15. The van der Waals surface area contributed by atoms with Gasteiger partial charge in [0, 0.05) is 0 Å². The SMILES string of the molecule is CC1=C[Si](C)(C)CC1(C)O. The molecule has 10 heavy (non-hydrogen) atoms. The molecule has 1 rings (SSSR count). The molecule has 2 heteroatoms.